The van der Waals surface area contributed by atoms with Crippen LogP contribution in [0.1, 0.15) is 19.8 Å². The Balaban J connectivity index is 1.77. The van der Waals surface area contributed by atoms with Gasteiger partial charge in [-0.15, -0.1) is 0 Å². The standard InChI is InChI=1S/C14H27N3O3/c1-3-20-14(19)17-6-4-12(5-7-17)13(18)16-10-8-15(2)9-11-16/h12-13,18H,3-11H2,1-2H3. The fraction of sp³-hybridized carbons (Fsp3) is 0.929. The average Bonchev–Trinajstić information content (AvgIpc) is 2.48. The van der Waals surface area contributed by atoms with Gasteiger partial charge in [0, 0.05) is 45.2 Å². The van der Waals surface area contributed by atoms with E-state index in [0.717, 1.165) is 39.0 Å². The number of aliphatic hydroxyl groups excluding tert-OH is 1. The first-order valence-electron chi connectivity index (χ1n) is 7.64. The number of piperazine rings is 1. The van der Waals surface area contributed by atoms with Gasteiger partial charge in [0.15, 0.2) is 0 Å². The summed E-state index contributed by atoms with van der Waals surface area (Å²) in [5, 5.41) is 10.5. The normalized spacial score (nSPS) is 24.6. The quantitative estimate of drug-likeness (QED) is 0.814. The Bertz CT molecular complexity index is 311. The molecule has 0 saturated carbocycles. The number of carbonyl (C=O) groups is 1. The summed E-state index contributed by atoms with van der Waals surface area (Å²) in [6.07, 6.45) is 1.12. The number of piperidine rings is 1. The van der Waals surface area contributed by atoms with Gasteiger partial charge in [0.1, 0.15) is 6.23 Å². The summed E-state index contributed by atoms with van der Waals surface area (Å²) in [5.74, 6) is 0.268. The van der Waals surface area contributed by atoms with E-state index in [1.807, 2.05) is 6.92 Å². The molecule has 2 rings (SSSR count). The zero-order valence-corrected chi connectivity index (χ0v) is 12.6. The van der Waals surface area contributed by atoms with Crippen molar-refractivity contribution in [2.45, 2.75) is 26.0 Å². The Kier molecular flexibility index (Phi) is 5.63. The lowest BCUT2D eigenvalue weighted by atomic mass is 9.94. The molecule has 2 aliphatic rings. The number of aliphatic hydroxyl groups is 1. The van der Waals surface area contributed by atoms with E-state index >= 15 is 0 Å². The van der Waals surface area contributed by atoms with Crippen LogP contribution in [0.3, 0.4) is 0 Å². The van der Waals surface area contributed by atoms with Gasteiger partial charge >= 0.3 is 6.09 Å². The maximum absolute atomic E-state index is 11.6. The van der Waals surface area contributed by atoms with E-state index < -0.39 is 0 Å². The van der Waals surface area contributed by atoms with E-state index in [4.69, 9.17) is 4.74 Å². The molecule has 1 amide bonds. The van der Waals surface area contributed by atoms with Crippen molar-refractivity contribution < 1.29 is 14.6 Å². The minimum absolute atomic E-state index is 0.222. The Hall–Kier alpha value is -0.850. The SMILES string of the molecule is CCOC(=O)N1CCC(C(O)N2CCN(C)CC2)CC1. The molecule has 20 heavy (non-hydrogen) atoms. The van der Waals surface area contributed by atoms with Gasteiger partial charge in [-0.3, -0.25) is 4.90 Å². The second-order valence-corrected chi connectivity index (χ2v) is 5.78. The van der Waals surface area contributed by atoms with Gasteiger partial charge in [-0.05, 0) is 26.8 Å². The fourth-order valence-electron chi connectivity index (χ4n) is 2.98. The van der Waals surface area contributed by atoms with Crippen LogP contribution in [0.25, 0.3) is 0 Å². The van der Waals surface area contributed by atoms with E-state index in [1.54, 1.807) is 4.90 Å². The number of ether oxygens (including phenoxy) is 1. The van der Waals surface area contributed by atoms with Crippen LogP contribution in [-0.2, 0) is 4.74 Å². The van der Waals surface area contributed by atoms with Crippen LogP contribution >= 0.6 is 0 Å². The Morgan fingerprint density at radius 2 is 1.80 bits per heavy atom. The number of likely N-dealkylation sites (tertiary alicyclic amines) is 1. The zero-order chi connectivity index (χ0) is 14.5. The van der Waals surface area contributed by atoms with Crippen molar-refractivity contribution in [1.29, 1.82) is 0 Å². The van der Waals surface area contributed by atoms with Crippen molar-refractivity contribution in [3.8, 4) is 0 Å². The number of amides is 1. The van der Waals surface area contributed by atoms with Crippen LogP contribution in [0.5, 0.6) is 0 Å². The predicted octanol–water partition coefficient (Wildman–Crippen LogP) is 0.421. The molecule has 2 heterocycles. The maximum atomic E-state index is 11.6. The molecule has 1 N–H and O–H groups in total. The van der Waals surface area contributed by atoms with E-state index in [9.17, 15) is 9.90 Å². The van der Waals surface area contributed by atoms with E-state index in [0.29, 0.717) is 19.7 Å². The second-order valence-electron chi connectivity index (χ2n) is 5.78. The summed E-state index contributed by atoms with van der Waals surface area (Å²) in [6.45, 7) is 7.50. The predicted molar refractivity (Wildman–Crippen MR) is 76.4 cm³/mol. The van der Waals surface area contributed by atoms with Crippen molar-refractivity contribution in [2.24, 2.45) is 5.92 Å². The van der Waals surface area contributed by atoms with Crippen molar-refractivity contribution >= 4 is 6.09 Å². The summed E-state index contributed by atoms with van der Waals surface area (Å²) in [4.78, 5) is 17.8. The van der Waals surface area contributed by atoms with Gasteiger partial charge in [0.25, 0.3) is 0 Å². The number of likely N-dealkylation sites (N-methyl/N-ethyl adjacent to an activating group) is 1. The highest BCUT2D eigenvalue weighted by Gasteiger charge is 2.32. The average molecular weight is 285 g/mol. The van der Waals surface area contributed by atoms with Crippen molar-refractivity contribution in [3.05, 3.63) is 0 Å². The molecule has 1 unspecified atom stereocenters. The molecule has 0 aromatic rings. The van der Waals surface area contributed by atoms with Crippen molar-refractivity contribution in [1.82, 2.24) is 14.7 Å². The van der Waals surface area contributed by atoms with Gasteiger partial charge < -0.3 is 19.6 Å². The van der Waals surface area contributed by atoms with Gasteiger partial charge in [-0.1, -0.05) is 0 Å². The molecule has 116 valence electrons. The molecule has 0 bridgehead atoms. The molecule has 2 fully saturated rings. The Labute approximate surface area is 121 Å². The lowest BCUT2D eigenvalue weighted by Gasteiger charge is -2.41. The minimum atomic E-state index is -0.368. The third-order valence-electron chi connectivity index (χ3n) is 4.40. The first-order valence-corrected chi connectivity index (χ1v) is 7.64. The Morgan fingerprint density at radius 3 is 2.35 bits per heavy atom. The number of hydrogen-bond acceptors (Lipinski definition) is 5. The molecule has 6 nitrogen and oxygen atoms in total. The van der Waals surface area contributed by atoms with E-state index in [2.05, 4.69) is 16.8 Å². The lowest BCUT2D eigenvalue weighted by molar-refractivity contribution is -0.0720. The molecular formula is C14H27N3O3. The van der Waals surface area contributed by atoms with Crippen LogP contribution < -0.4 is 0 Å². The summed E-state index contributed by atoms with van der Waals surface area (Å²) >= 11 is 0. The number of nitrogens with zero attached hydrogens (tertiary/aromatic N) is 3. The van der Waals surface area contributed by atoms with Gasteiger partial charge in [0.05, 0.1) is 6.61 Å². The molecule has 0 aromatic heterocycles. The van der Waals surface area contributed by atoms with Gasteiger partial charge in [0.2, 0.25) is 0 Å². The molecule has 0 aliphatic carbocycles. The summed E-state index contributed by atoms with van der Waals surface area (Å²) < 4.78 is 5.01. The molecule has 2 saturated heterocycles. The van der Waals surface area contributed by atoms with Crippen LogP contribution in [0.4, 0.5) is 4.79 Å². The second kappa shape index (κ2) is 7.24. The van der Waals surface area contributed by atoms with Crippen LogP contribution in [-0.4, -0.2) is 85.1 Å². The summed E-state index contributed by atoms with van der Waals surface area (Å²) in [7, 11) is 2.11. The molecule has 2 aliphatic heterocycles. The van der Waals surface area contributed by atoms with Crippen LogP contribution in [0.15, 0.2) is 0 Å². The largest absolute Gasteiger partial charge is 0.450 e. The molecule has 6 heteroatoms. The number of hydrogen-bond donors (Lipinski definition) is 1. The van der Waals surface area contributed by atoms with E-state index in [1.165, 1.54) is 0 Å². The number of carbonyl (C=O) groups excluding carboxylic acids is 1. The molecule has 0 spiro atoms. The van der Waals surface area contributed by atoms with Gasteiger partial charge in [-0.2, -0.15) is 0 Å². The topological polar surface area (TPSA) is 56.2 Å². The van der Waals surface area contributed by atoms with E-state index in [-0.39, 0.29) is 18.2 Å². The smallest absolute Gasteiger partial charge is 0.409 e. The third kappa shape index (κ3) is 3.84. The van der Waals surface area contributed by atoms with Gasteiger partial charge in [-0.25, -0.2) is 4.79 Å². The zero-order valence-electron chi connectivity index (χ0n) is 12.6. The Morgan fingerprint density at radius 1 is 1.20 bits per heavy atom. The molecule has 0 aromatic carbocycles. The molecule has 1 atom stereocenters. The highest BCUT2D eigenvalue weighted by molar-refractivity contribution is 5.67. The highest BCUT2D eigenvalue weighted by atomic mass is 16.6. The summed E-state index contributed by atoms with van der Waals surface area (Å²) in [5.41, 5.74) is 0. The fourth-order valence-corrected chi connectivity index (χ4v) is 2.98. The van der Waals surface area contributed by atoms with Crippen molar-refractivity contribution in [3.63, 3.8) is 0 Å². The highest BCUT2D eigenvalue weighted by Crippen LogP contribution is 2.23. The maximum Gasteiger partial charge on any atom is 0.409 e. The monoisotopic (exact) mass is 285 g/mol. The molecule has 0 radical (unpaired) electrons. The van der Waals surface area contributed by atoms with Crippen LogP contribution in [0, 0.1) is 5.92 Å². The first kappa shape index (κ1) is 15.5. The summed E-state index contributed by atoms with van der Waals surface area (Å²) in [6, 6.07) is 0. The molecular weight excluding hydrogens is 258 g/mol. The third-order valence-corrected chi connectivity index (χ3v) is 4.40. The number of rotatable bonds is 3. The van der Waals surface area contributed by atoms with Crippen LogP contribution in [0.2, 0.25) is 0 Å². The van der Waals surface area contributed by atoms with Crippen molar-refractivity contribution in [2.75, 3.05) is 52.9 Å². The minimum Gasteiger partial charge on any atom is -0.450 e. The first-order chi connectivity index (χ1) is 9.61. The lowest BCUT2D eigenvalue weighted by Crippen LogP contribution is -2.53.